The van der Waals surface area contributed by atoms with Gasteiger partial charge in [-0.05, 0) is 13.3 Å². The molecule has 0 aliphatic rings. The highest BCUT2D eigenvalue weighted by Crippen LogP contribution is 1.98. The Morgan fingerprint density at radius 1 is 1.64 bits per heavy atom. The summed E-state index contributed by atoms with van der Waals surface area (Å²) in [6, 6.07) is 0. The van der Waals surface area contributed by atoms with E-state index < -0.39 is 0 Å². The zero-order valence-electron chi connectivity index (χ0n) is 9.16. The van der Waals surface area contributed by atoms with E-state index in [1.54, 1.807) is 6.92 Å². The second-order valence-electron chi connectivity index (χ2n) is 3.60. The van der Waals surface area contributed by atoms with Gasteiger partial charge in [-0.15, -0.1) is 9.36 Å². The number of Topliss-reactive ketones (excluding diaryl/α,β-unsaturated/α-hetero) is 1. The second-order valence-corrected chi connectivity index (χ2v) is 3.60. The Hall–Kier alpha value is -1.19. The Morgan fingerprint density at radius 3 is 2.93 bits per heavy atom. The van der Waals surface area contributed by atoms with Crippen molar-refractivity contribution in [3.63, 3.8) is 0 Å². The highest BCUT2D eigenvalue weighted by atomic mass is 16.1. The molecule has 1 aromatic heterocycles. The van der Waals surface area contributed by atoms with Crippen LogP contribution in [0, 0.1) is 0 Å². The van der Waals surface area contributed by atoms with Gasteiger partial charge in [-0.3, -0.25) is 0 Å². The van der Waals surface area contributed by atoms with E-state index in [0.29, 0.717) is 6.42 Å². The van der Waals surface area contributed by atoms with Gasteiger partial charge in [0.15, 0.2) is 11.9 Å². The lowest BCUT2D eigenvalue weighted by Gasteiger charge is -1.90. The van der Waals surface area contributed by atoms with Gasteiger partial charge in [0.2, 0.25) is 0 Å². The number of hydrogen-bond acceptors (Lipinski definition) is 2. The first-order valence-electron chi connectivity index (χ1n) is 5.05. The fourth-order valence-electron chi connectivity index (χ4n) is 1.38. The molecule has 1 heterocycles. The van der Waals surface area contributed by atoms with Gasteiger partial charge in [-0.2, -0.15) is 0 Å². The van der Waals surface area contributed by atoms with Crippen LogP contribution < -0.4 is 4.68 Å². The van der Waals surface area contributed by atoms with E-state index in [0.717, 1.165) is 25.1 Å². The van der Waals surface area contributed by atoms with Crippen LogP contribution in [0.4, 0.5) is 0 Å². The lowest BCUT2D eigenvalue weighted by Crippen LogP contribution is -2.35. The van der Waals surface area contributed by atoms with Crippen molar-refractivity contribution in [2.24, 2.45) is 7.05 Å². The molecule has 0 bridgehead atoms. The normalized spacial score (nSPS) is 10.5. The molecule has 0 spiro atoms. The van der Waals surface area contributed by atoms with Gasteiger partial charge in [0, 0.05) is 12.8 Å². The van der Waals surface area contributed by atoms with Crippen molar-refractivity contribution in [2.45, 2.75) is 39.7 Å². The molecule has 0 saturated heterocycles. The number of aromatic nitrogens is 3. The Morgan fingerprint density at radius 2 is 2.36 bits per heavy atom. The number of aryl methyl sites for hydroxylation is 3. The van der Waals surface area contributed by atoms with Crippen LogP contribution in [0.3, 0.4) is 0 Å². The van der Waals surface area contributed by atoms with E-state index in [1.807, 2.05) is 22.6 Å². The van der Waals surface area contributed by atoms with Crippen molar-refractivity contribution in [1.82, 2.24) is 9.90 Å². The molecule has 0 fully saturated rings. The van der Waals surface area contributed by atoms with Crippen LogP contribution >= 0.6 is 0 Å². The molecule has 0 unspecified atom stereocenters. The molecule has 1 rings (SSSR count). The van der Waals surface area contributed by atoms with Crippen LogP contribution in [-0.2, 0) is 24.8 Å². The minimum absolute atomic E-state index is 0.230. The van der Waals surface area contributed by atoms with E-state index in [-0.39, 0.29) is 5.78 Å². The Kier molecular flexibility index (Phi) is 3.80. The maximum absolute atomic E-state index is 10.8. The van der Waals surface area contributed by atoms with Crippen LogP contribution in [0.25, 0.3) is 0 Å². The molecule has 0 aromatic carbocycles. The zero-order chi connectivity index (χ0) is 10.6. The van der Waals surface area contributed by atoms with Gasteiger partial charge in [0.25, 0.3) is 0 Å². The predicted molar refractivity (Wildman–Crippen MR) is 52.7 cm³/mol. The first-order chi connectivity index (χ1) is 6.63. The highest BCUT2D eigenvalue weighted by Gasteiger charge is 2.11. The first-order valence-corrected chi connectivity index (χ1v) is 5.05. The van der Waals surface area contributed by atoms with Crippen molar-refractivity contribution in [3.8, 4) is 0 Å². The van der Waals surface area contributed by atoms with Gasteiger partial charge in [0.05, 0.1) is 5.21 Å². The molecule has 0 amide bonds. The fraction of sp³-hybridized carbons (Fsp3) is 0.700. The summed E-state index contributed by atoms with van der Waals surface area (Å²) in [7, 11) is 1.92. The van der Waals surface area contributed by atoms with Crippen molar-refractivity contribution in [3.05, 3.63) is 11.9 Å². The average molecular weight is 196 g/mol. The minimum atomic E-state index is 0.230. The van der Waals surface area contributed by atoms with Crippen molar-refractivity contribution in [1.29, 1.82) is 0 Å². The number of hydrogen-bond donors (Lipinski definition) is 0. The fourth-order valence-corrected chi connectivity index (χ4v) is 1.38. The SMILES string of the molecule is CCC[n+]1cc(CCC(C)=O)n(C)n1. The molecular formula is C10H18N3O+. The molecule has 78 valence electrons. The monoisotopic (exact) mass is 196 g/mol. The molecule has 0 N–H and O–H groups in total. The first kappa shape index (κ1) is 10.9. The summed E-state index contributed by atoms with van der Waals surface area (Å²) < 4.78 is 3.77. The van der Waals surface area contributed by atoms with E-state index in [1.165, 1.54) is 0 Å². The predicted octanol–water partition coefficient (Wildman–Crippen LogP) is 0.639. The van der Waals surface area contributed by atoms with Gasteiger partial charge < -0.3 is 4.79 Å². The number of ketones is 1. The maximum atomic E-state index is 10.8. The molecule has 0 aliphatic carbocycles. The largest absolute Gasteiger partial charge is 0.300 e. The van der Waals surface area contributed by atoms with E-state index in [9.17, 15) is 4.79 Å². The zero-order valence-corrected chi connectivity index (χ0v) is 9.16. The summed E-state index contributed by atoms with van der Waals surface area (Å²) in [4.78, 5) is 10.8. The maximum Gasteiger partial charge on any atom is 0.167 e. The lowest BCUT2D eigenvalue weighted by molar-refractivity contribution is -0.755. The summed E-state index contributed by atoms with van der Waals surface area (Å²) in [5.41, 5.74) is 1.12. The third-order valence-corrected chi connectivity index (χ3v) is 2.15. The molecule has 0 saturated carbocycles. The van der Waals surface area contributed by atoms with Crippen LogP contribution in [0.5, 0.6) is 0 Å². The summed E-state index contributed by atoms with van der Waals surface area (Å²) in [6.07, 6.45) is 4.49. The smallest absolute Gasteiger partial charge is 0.167 e. The molecule has 14 heavy (non-hydrogen) atoms. The number of carbonyl (C=O) groups is 1. The van der Waals surface area contributed by atoms with Crippen LogP contribution in [0.15, 0.2) is 6.20 Å². The molecule has 0 atom stereocenters. The highest BCUT2D eigenvalue weighted by molar-refractivity contribution is 5.75. The van der Waals surface area contributed by atoms with Gasteiger partial charge in [0.1, 0.15) is 19.4 Å². The average Bonchev–Trinajstić information content (AvgIpc) is 2.44. The molecule has 0 aliphatic heterocycles. The van der Waals surface area contributed by atoms with Crippen LogP contribution in [0.2, 0.25) is 0 Å². The minimum Gasteiger partial charge on any atom is -0.300 e. The summed E-state index contributed by atoms with van der Waals surface area (Å²) >= 11 is 0. The van der Waals surface area contributed by atoms with Gasteiger partial charge in [-0.1, -0.05) is 6.92 Å². The Balaban J connectivity index is 2.62. The standard InChI is InChI=1S/C10H18N3O/c1-4-7-13-8-10(12(3)11-13)6-5-9(2)14/h8H,4-7H2,1-3H3/q+1. The van der Waals surface area contributed by atoms with E-state index >= 15 is 0 Å². The van der Waals surface area contributed by atoms with Crippen LogP contribution in [-0.4, -0.2) is 15.7 Å². The van der Waals surface area contributed by atoms with E-state index in [4.69, 9.17) is 0 Å². The number of carbonyl (C=O) groups excluding carboxylic acids is 1. The lowest BCUT2D eigenvalue weighted by atomic mass is 10.2. The quantitative estimate of drug-likeness (QED) is 0.648. The summed E-state index contributed by atoms with van der Waals surface area (Å²) in [5.74, 6) is 0.230. The van der Waals surface area contributed by atoms with Crippen LogP contribution in [0.1, 0.15) is 32.4 Å². The van der Waals surface area contributed by atoms with Gasteiger partial charge >= 0.3 is 0 Å². The van der Waals surface area contributed by atoms with Crippen molar-refractivity contribution in [2.75, 3.05) is 0 Å². The van der Waals surface area contributed by atoms with E-state index in [2.05, 4.69) is 12.1 Å². The summed E-state index contributed by atoms with van der Waals surface area (Å²) in [5, 5.41) is 4.30. The second kappa shape index (κ2) is 4.88. The molecule has 4 nitrogen and oxygen atoms in total. The molecule has 1 aromatic rings. The third kappa shape index (κ3) is 2.94. The topological polar surface area (TPSA) is 38.8 Å². The molecule has 4 heteroatoms. The summed E-state index contributed by atoms with van der Waals surface area (Å²) in [6.45, 7) is 4.68. The third-order valence-electron chi connectivity index (χ3n) is 2.15. The van der Waals surface area contributed by atoms with Gasteiger partial charge in [-0.25, -0.2) is 0 Å². The number of nitrogens with zero attached hydrogens (tertiary/aromatic N) is 3. The number of rotatable bonds is 5. The van der Waals surface area contributed by atoms with Crippen molar-refractivity contribution < 1.29 is 9.48 Å². The Bertz CT molecular complexity index is 317. The van der Waals surface area contributed by atoms with Crippen molar-refractivity contribution >= 4 is 5.78 Å². The molecule has 0 radical (unpaired) electrons. The molecular weight excluding hydrogens is 178 g/mol. The Labute approximate surface area is 84.5 Å².